The smallest absolute Gasteiger partial charge is 0.255 e. The van der Waals surface area contributed by atoms with E-state index in [9.17, 15) is 4.79 Å². The van der Waals surface area contributed by atoms with E-state index in [1.54, 1.807) is 23.0 Å². The van der Waals surface area contributed by atoms with Crippen molar-refractivity contribution in [1.29, 1.82) is 0 Å². The lowest BCUT2D eigenvalue weighted by Gasteiger charge is -2.08. The van der Waals surface area contributed by atoms with E-state index in [4.69, 9.17) is 5.73 Å². The number of pyridine rings is 2. The van der Waals surface area contributed by atoms with Crippen LogP contribution >= 0.6 is 0 Å². The standard InChI is InChI=1S/C15H19N3O/c1-12(10-16)5-6-13-7-8-14(11-17-13)18-9-3-2-4-15(18)19/h2-4,7-9,11-12H,5-6,10,16H2,1H3. The highest BCUT2D eigenvalue weighted by molar-refractivity contribution is 5.30. The Morgan fingerprint density at radius 3 is 2.79 bits per heavy atom. The quantitative estimate of drug-likeness (QED) is 0.887. The molecule has 0 saturated heterocycles. The number of nitrogens with zero attached hydrogens (tertiary/aromatic N) is 2. The third kappa shape index (κ3) is 3.51. The van der Waals surface area contributed by atoms with Crippen molar-refractivity contribution < 1.29 is 0 Å². The van der Waals surface area contributed by atoms with Gasteiger partial charge in [-0.2, -0.15) is 0 Å². The first-order valence-electron chi connectivity index (χ1n) is 6.54. The van der Waals surface area contributed by atoms with E-state index >= 15 is 0 Å². The van der Waals surface area contributed by atoms with Gasteiger partial charge in [0.25, 0.3) is 5.56 Å². The van der Waals surface area contributed by atoms with Gasteiger partial charge in [-0.1, -0.05) is 13.0 Å². The molecule has 0 amide bonds. The van der Waals surface area contributed by atoms with Gasteiger partial charge in [0.1, 0.15) is 0 Å². The topological polar surface area (TPSA) is 60.9 Å². The van der Waals surface area contributed by atoms with Gasteiger partial charge in [0.2, 0.25) is 0 Å². The third-order valence-electron chi connectivity index (χ3n) is 3.21. The summed E-state index contributed by atoms with van der Waals surface area (Å²) in [4.78, 5) is 16.1. The molecule has 100 valence electrons. The minimum Gasteiger partial charge on any atom is -0.330 e. The molecule has 0 fully saturated rings. The Balaban J connectivity index is 2.11. The molecule has 1 unspecified atom stereocenters. The van der Waals surface area contributed by atoms with Crippen LogP contribution in [0.3, 0.4) is 0 Å². The van der Waals surface area contributed by atoms with Gasteiger partial charge in [0, 0.05) is 18.0 Å². The summed E-state index contributed by atoms with van der Waals surface area (Å²) in [6.07, 6.45) is 5.44. The van der Waals surface area contributed by atoms with Gasteiger partial charge < -0.3 is 5.73 Å². The second kappa shape index (κ2) is 6.29. The number of aromatic nitrogens is 2. The Morgan fingerprint density at radius 2 is 2.16 bits per heavy atom. The Kier molecular flexibility index (Phi) is 4.47. The van der Waals surface area contributed by atoms with Crippen LogP contribution in [-0.4, -0.2) is 16.1 Å². The van der Waals surface area contributed by atoms with Gasteiger partial charge in [0.05, 0.1) is 11.9 Å². The second-order valence-electron chi connectivity index (χ2n) is 4.80. The Bertz CT molecular complexity index is 574. The molecule has 2 heterocycles. The highest BCUT2D eigenvalue weighted by Crippen LogP contribution is 2.09. The fourth-order valence-corrected chi connectivity index (χ4v) is 1.86. The molecule has 0 spiro atoms. The monoisotopic (exact) mass is 257 g/mol. The average molecular weight is 257 g/mol. The zero-order valence-electron chi connectivity index (χ0n) is 11.1. The van der Waals surface area contributed by atoms with Crippen molar-refractivity contribution >= 4 is 0 Å². The first-order valence-corrected chi connectivity index (χ1v) is 6.54. The molecule has 0 aliphatic carbocycles. The lowest BCUT2D eigenvalue weighted by Crippen LogP contribution is -2.16. The molecule has 2 aromatic rings. The summed E-state index contributed by atoms with van der Waals surface area (Å²) in [5.41, 5.74) is 7.38. The van der Waals surface area contributed by atoms with E-state index in [2.05, 4.69) is 11.9 Å². The van der Waals surface area contributed by atoms with Crippen molar-refractivity contribution in [2.24, 2.45) is 11.7 Å². The zero-order valence-corrected chi connectivity index (χ0v) is 11.1. The van der Waals surface area contributed by atoms with E-state index in [0.717, 1.165) is 24.2 Å². The van der Waals surface area contributed by atoms with Crippen LogP contribution in [0.2, 0.25) is 0 Å². The summed E-state index contributed by atoms with van der Waals surface area (Å²) >= 11 is 0. The molecule has 1 atom stereocenters. The molecule has 0 aliphatic rings. The first-order chi connectivity index (χ1) is 9.20. The van der Waals surface area contributed by atoms with Crippen molar-refractivity contribution in [2.75, 3.05) is 6.54 Å². The average Bonchev–Trinajstić information content (AvgIpc) is 2.46. The van der Waals surface area contributed by atoms with Gasteiger partial charge >= 0.3 is 0 Å². The van der Waals surface area contributed by atoms with E-state index in [-0.39, 0.29) is 5.56 Å². The summed E-state index contributed by atoms with van der Waals surface area (Å²) in [6.45, 7) is 2.84. The molecule has 0 saturated carbocycles. The van der Waals surface area contributed by atoms with Crippen LogP contribution in [-0.2, 0) is 6.42 Å². The molecule has 2 N–H and O–H groups in total. The van der Waals surface area contributed by atoms with E-state index in [0.29, 0.717) is 12.5 Å². The maximum atomic E-state index is 11.7. The predicted molar refractivity (Wildman–Crippen MR) is 76.4 cm³/mol. The molecular weight excluding hydrogens is 238 g/mol. The molecule has 19 heavy (non-hydrogen) atoms. The van der Waals surface area contributed by atoms with Crippen molar-refractivity contribution in [3.8, 4) is 5.69 Å². The minimum atomic E-state index is -0.0474. The van der Waals surface area contributed by atoms with Crippen LogP contribution in [0.4, 0.5) is 0 Å². The Labute approximate surface area is 112 Å². The van der Waals surface area contributed by atoms with Gasteiger partial charge in [-0.25, -0.2) is 0 Å². The summed E-state index contributed by atoms with van der Waals surface area (Å²) in [5, 5.41) is 0. The third-order valence-corrected chi connectivity index (χ3v) is 3.21. The van der Waals surface area contributed by atoms with E-state index in [1.165, 1.54) is 6.07 Å². The van der Waals surface area contributed by atoms with Gasteiger partial charge in [-0.05, 0) is 43.5 Å². The van der Waals surface area contributed by atoms with Crippen LogP contribution in [0.5, 0.6) is 0 Å². The maximum Gasteiger partial charge on any atom is 0.255 e. The van der Waals surface area contributed by atoms with Crippen molar-refractivity contribution in [1.82, 2.24) is 9.55 Å². The van der Waals surface area contributed by atoms with Gasteiger partial charge in [0.15, 0.2) is 0 Å². The first kappa shape index (κ1) is 13.5. The Hall–Kier alpha value is -1.94. The van der Waals surface area contributed by atoms with E-state index < -0.39 is 0 Å². The van der Waals surface area contributed by atoms with Crippen LogP contribution in [0.1, 0.15) is 19.0 Å². The molecule has 0 bridgehead atoms. The molecule has 4 heteroatoms. The number of hydrogen-bond acceptors (Lipinski definition) is 3. The molecule has 2 aromatic heterocycles. The van der Waals surface area contributed by atoms with Crippen molar-refractivity contribution in [3.63, 3.8) is 0 Å². The second-order valence-corrected chi connectivity index (χ2v) is 4.80. The van der Waals surface area contributed by atoms with Crippen molar-refractivity contribution in [2.45, 2.75) is 19.8 Å². The number of nitrogens with two attached hydrogens (primary N) is 1. The summed E-state index contributed by atoms with van der Waals surface area (Å²) in [5.74, 6) is 0.512. The maximum absolute atomic E-state index is 11.7. The van der Waals surface area contributed by atoms with Crippen LogP contribution in [0, 0.1) is 5.92 Å². The summed E-state index contributed by atoms with van der Waals surface area (Å²) < 4.78 is 1.58. The largest absolute Gasteiger partial charge is 0.330 e. The van der Waals surface area contributed by atoms with Gasteiger partial charge in [-0.3, -0.25) is 14.3 Å². The SMILES string of the molecule is CC(CN)CCc1ccc(-n2ccccc2=O)cn1. The molecule has 2 rings (SSSR count). The molecule has 0 radical (unpaired) electrons. The fraction of sp³-hybridized carbons (Fsp3) is 0.333. The summed E-state index contributed by atoms with van der Waals surface area (Å²) in [7, 11) is 0. The lowest BCUT2D eigenvalue weighted by molar-refractivity contribution is 0.541. The molecule has 0 aliphatic heterocycles. The highest BCUT2D eigenvalue weighted by atomic mass is 16.1. The molecule has 0 aromatic carbocycles. The predicted octanol–water partition coefficient (Wildman–Crippen LogP) is 1.76. The highest BCUT2D eigenvalue weighted by Gasteiger charge is 2.03. The molecule has 4 nitrogen and oxygen atoms in total. The fourth-order valence-electron chi connectivity index (χ4n) is 1.86. The minimum absolute atomic E-state index is 0.0474. The number of aryl methyl sites for hydroxylation is 1. The lowest BCUT2D eigenvalue weighted by atomic mass is 10.0. The normalized spacial score (nSPS) is 12.3. The Morgan fingerprint density at radius 1 is 1.32 bits per heavy atom. The number of hydrogen-bond donors (Lipinski definition) is 1. The molecular formula is C15H19N3O. The summed E-state index contributed by atoms with van der Waals surface area (Å²) in [6, 6.07) is 9.00. The van der Waals surface area contributed by atoms with E-state index in [1.807, 2.05) is 18.2 Å². The van der Waals surface area contributed by atoms with Crippen molar-refractivity contribution in [3.05, 3.63) is 58.8 Å². The van der Waals surface area contributed by atoms with Crippen LogP contribution < -0.4 is 11.3 Å². The zero-order chi connectivity index (χ0) is 13.7. The van der Waals surface area contributed by atoms with Crippen LogP contribution in [0.15, 0.2) is 47.5 Å². The van der Waals surface area contributed by atoms with Crippen LogP contribution in [0.25, 0.3) is 5.69 Å². The number of rotatable bonds is 5. The van der Waals surface area contributed by atoms with Gasteiger partial charge in [-0.15, -0.1) is 0 Å².